The molecule has 0 atom stereocenters. The van der Waals surface area contributed by atoms with E-state index in [0.29, 0.717) is 31.8 Å². The Morgan fingerprint density at radius 2 is 1.60 bits per heavy atom. The number of hydrogen-bond donors (Lipinski definition) is 1. The van der Waals surface area contributed by atoms with Crippen LogP contribution in [0.15, 0.2) is 30.3 Å². The maximum Gasteiger partial charge on any atom is 0.248 e. The number of piperidine rings is 1. The average molecular weight is 341 g/mol. The fourth-order valence-electron chi connectivity index (χ4n) is 4.03. The summed E-state index contributed by atoms with van der Waals surface area (Å²) in [6, 6.07) is 9.97. The third kappa shape index (κ3) is 3.12. The molecule has 3 aliphatic rings. The number of rotatable bonds is 4. The van der Waals surface area contributed by atoms with Gasteiger partial charge in [0.15, 0.2) is 0 Å². The van der Waals surface area contributed by atoms with Crippen molar-refractivity contribution in [2.24, 2.45) is 5.92 Å². The Hall–Kier alpha value is -2.04. The third-order valence-corrected chi connectivity index (χ3v) is 6.09. The van der Waals surface area contributed by atoms with Crippen molar-refractivity contribution < 1.29 is 9.59 Å². The van der Waals surface area contributed by atoms with Gasteiger partial charge in [-0.05, 0) is 44.2 Å². The van der Waals surface area contributed by atoms with Gasteiger partial charge in [-0.1, -0.05) is 24.6 Å². The molecule has 0 unspecified atom stereocenters. The molecule has 0 aromatic heterocycles. The molecule has 4 rings (SSSR count). The predicted molar refractivity (Wildman–Crippen MR) is 97.1 cm³/mol. The Balaban J connectivity index is 1.48. The van der Waals surface area contributed by atoms with Crippen LogP contribution >= 0.6 is 0 Å². The van der Waals surface area contributed by atoms with Crippen molar-refractivity contribution >= 4 is 17.5 Å². The largest absolute Gasteiger partial charge is 0.371 e. The molecule has 1 aliphatic carbocycles. The summed E-state index contributed by atoms with van der Waals surface area (Å²) in [5.41, 5.74) is 0.410. The lowest BCUT2D eigenvalue weighted by Gasteiger charge is -2.47. The van der Waals surface area contributed by atoms with E-state index in [1.165, 1.54) is 6.42 Å². The zero-order valence-corrected chi connectivity index (χ0v) is 14.7. The van der Waals surface area contributed by atoms with E-state index in [2.05, 4.69) is 5.32 Å². The molecule has 5 nitrogen and oxygen atoms in total. The van der Waals surface area contributed by atoms with Gasteiger partial charge in [-0.2, -0.15) is 0 Å². The summed E-state index contributed by atoms with van der Waals surface area (Å²) in [4.78, 5) is 29.6. The first-order chi connectivity index (χ1) is 12.2. The monoisotopic (exact) mass is 341 g/mol. The van der Waals surface area contributed by atoms with Crippen molar-refractivity contribution in [3.8, 4) is 0 Å². The maximum atomic E-state index is 13.1. The average Bonchev–Trinajstić information content (AvgIpc) is 2.53. The minimum atomic E-state index is -0.571. The fourth-order valence-corrected chi connectivity index (χ4v) is 4.03. The molecule has 1 aromatic rings. The van der Waals surface area contributed by atoms with Crippen molar-refractivity contribution in [2.75, 3.05) is 31.5 Å². The van der Waals surface area contributed by atoms with Crippen LogP contribution in [0.5, 0.6) is 0 Å². The Kier molecular flexibility index (Phi) is 4.40. The summed E-state index contributed by atoms with van der Waals surface area (Å²) in [5.74, 6) is 0.745. The number of para-hydroxylation sites is 1. The number of carbonyl (C=O) groups excluding carboxylic acids is 2. The topological polar surface area (TPSA) is 52.7 Å². The van der Waals surface area contributed by atoms with Gasteiger partial charge < -0.3 is 15.1 Å². The summed E-state index contributed by atoms with van der Waals surface area (Å²) >= 11 is 0. The molecular weight excluding hydrogens is 314 g/mol. The molecule has 2 saturated heterocycles. The summed E-state index contributed by atoms with van der Waals surface area (Å²) in [7, 11) is 0. The van der Waals surface area contributed by atoms with Crippen LogP contribution < -0.4 is 5.32 Å². The molecule has 1 N–H and O–H groups in total. The van der Waals surface area contributed by atoms with Gasteiger partial charge in [-0.15, -0.1) is 0 Å². The number of likely N-dealkylation sites (tertiary alicyclic amines) is 2. The first-order valence-corrected chi connectivity index (χ1v) is 9.59. The van der Waals surface area contributed by atoms with E-state index in [4.69, 9.17) is 0 Å². The lowest BCUT2D eigenvalue weighted by Crippen LogP contribution is -2.62. The number of hydrogen-bond acceptors (Lipinski definition) is 3. The lowest BCUT2D eigenvalue weighted by atomic mass is 9.81. The Bertz CT molecular complexity index is 630. The molecule has 0 radical (unpaired) electrons. The van der Waals surface area contributed by atoms with E-state index in [9.17, 15) is 9.59 Å². The Labute approximate surface area is 149 Å². The second kappa shape index (κ2) is 6.70. The number of nitrogens with one attached hydrogen (secondary N) is 1. The second-order valence-electron chi connectivity index (χ2n) is 7.67. The van der Waals surface area contributed by atoms with Gasteiger partial charge in [0.05, 0.1) is 0 Å². The summed E-state index contributed by atoms with van der Waals surface area (Å²) < 4.78 is 0. The minimum absolute atomic E-state index is 0.207. The van der Waals surface area contributed by atoms with Crippen LogP contribution in [0.1, 0.15) is 38.5 Å². The molecule has 2 aliphatic heterocycles. The highest BCUT2D eigenvalue weighted by atomic mass is 16.2. The molecule has 1 saturated carbocycles. The van der Waals surface area contributed by atoms with Gasteiger partial charge in [0.2, 0.25) is 11.8 Å². The van der Waals surface area contributed by atoms with Crippen molar-refractivity contribution in [1.29, 1.82) is 0 Å². The maximum absolute atomic E-state index is 13.1. The van der Waals surface area contributed by atoms with Gasteiger partial charge in [0.25, 0.3) is 0 Å². The van der Waals surface area contributed by atoms with Gasteiger partial charge in [0.1, 0.15) is 5.54 Å². The predicted octanol–water partition coefficient (Wildman–Crippen LogP) is 2.49. The van der Waals surface area contributed by atoms with Crippen molar-refractivity contribution in [3.63, 3.8) is 0 Å². The van der Waals surface area contributed by atoms with Crippen LogP contribution in [0.3, 0.4) is 0 Å². The Morgan fingerprint density at radius 3 is 2.12 bits per heavy atom. The van der Waals surface area contributed by atoms with E-state index in [1.54, 1.807) is 0 Å². The van der Waals surface area contributed by atoms with E-state index in [0.717, 1.165) is 38.0 Å². The summed E-state index contributed by atoms with van der Waals surface area (Å²) in [5, 5.41) is 3.53. The molecule has 5 heteroatoms. The van der Waals surface area contributed by atoms with Crippen LogP contribution in [-0.4, -0.2) is 53.3 Å². The highest BCUT2D eigenvalue weighted by Gasteiger charge is 2.46. The van der Waals surface area contributed by atoms with Crippen molar-refractivity contribution in [1.82, 2.24) is 9.80 Å². The summed E-state index contributed by atoms with van der Waals surface area (Å²) in [6.45, 7) is 3.08. The van der Waals surface area contributed by atoms with Gasteiger partial charge in [0, 0.05) is 37.8 Å². The molecule has 134 valence electrons. The van der Waals surface area contributed by atoms with E-state index < -0.39 is 5.54 Å². The number of benzene rings is 1. The van der Waals surface area contributed by atoms with Gasteiger partial charge >= 0.3 is 0 Å². The first kappa shape index (κ1) is 16.4. The van der Waals surface area contributed by atoms with E-state index in [1.807, 2.05) is 40.1 Å². The van der Waals surface area contributed by atoms with Crippen LogP contribution in [0.4, 0.5) is 5.69 Å². The number of carbonyl (C=O) groups is 2. The molecule has 1 aromatic carbocycles. The van der Waals surface area contributed by atoms with Crippen LogP contribution in [0.2, 0.25) is 0 Å². The lowest BCUT2D eigenvalue weighted by molar-refractivity contribution is -0.146. The normalized spacial score (nSPS) is 22.7. The van der Waals surface area contributed by atoms with Gasteiger partial charge in [-0.25, -0.2) is 0 Å². The molecular formula is C20H27N3O2. The van der Waals surface area contributed by atoms with E-state index >= 15 is 0 Å². The number of nitrogens with zero attached hydrogens (tertiary/aromatic N) is 2. The highest BCUT2D eigenvalue weighted by Crippen LogP contribution is 2.34. The van der Waals surface area contributed by atoms with Crippen LogP contribution in [0.25, 0.3) is 0 Å². The molecule has 0 spiro atoms. The minimum Gasteiger partial charge on any atom is -0.371 e. The Morgan fingerprint density at radius 1 is 0.920 bits per heavy atom. The van der Waals surface area contributed by atoms with Gasteiger partial charge in [-0.3, -0.25) is 9.59 Å². The number of amides is 2. The first-order valence-electron chi connectivity index (χ1n) is 9.59. The molecule has 2 heterocycles. The molecule has 2 amide bonds. The molecule has 25 heavy (non-hydrogen) atoms. The quantitative estimate of drug-likeness (QED) is 0.915. The second-order valence-corrected chi connectivity index (χ2v) is 7.67. The third-order valence-electron chi connectivity index (χ3n) is 6.09. The van der Waals surface area contributed by atoms with Crippen molar-refractivity contribution in [2.45, 2.75) is 44.1 Å². The van der Waals surface area contributed by atoms with Crippen LogP contribution in [-0.2, 0) is 9.59 Å². The number of anilines is 1. The molecule has 3 fully saturated rings. The standard InChI is InChI=1S/C20H27N3O2/c24-18(16-6-4-7-16)22-14-10-20(11-15-22,19(25)23-12-5-13-23)21-17-8-2-1-3-9-17/h1-3,8-9,16,21H,4-7,10-15H2. The summed E-state index contributed by atoms with van der Waals surface area (Å²) in [6.07, 6.45) is 5.73. The zero-order chi connectivity index (χ0) is 17.3. The molecule has 0 bridgehead atoms. The zero-order valence-electron chi connectivity index (χ0n) is 14.7. The van der Waals surface area contributed by atoms with Crippen LogP contribution in [0, 0.1) is 5.92 Å². The SMILES string of the molecule is O=C(C1CCC1)N1CCC(Nc2ccccc2)(C(=O)N2CCC2)CC1. The van der Waals surface area contributed by atoms with Crippen molar-refractivity contribution in [3.05, 3.63) is 30.3 Å². The smallest absolute Gasteiger partial charge is 0.248 e. The van der Waals surface area contributed by atoms with E-state index in [-0.39, 0.29) is 11.8 Å². The fraction of sp³-hybridized carbons (Fsp3) is 0.600. The highest BCUT2D eigenvalue weighted by molar-refractivity contribution is 5.90.